The van der Waals surface area contributed by atoms with Gasteiger partial charge in [0, 0.05) is 18.0 Å². The van der Waals surface area contributed by atoms with Gasteiger partial charge in [0.1, 0.15) is 0 Å². The number of hydrogen-bond donors (Lipinski definition) is 1. The summed E-state index contributed by atoms with van der Waals surface area (Å²) in [5.41, 5.74) is 6.38. The number of hydrogen-bond acceptors (Lipinski definition) is 6. The van der Waals surface area contributed by atoms with Gasteiger partial charge in [-0.1, -0.05) is 16.8 Å². The van der Waals surface area contributed by atoms with Gasteiger partial charge in [-0.2, -0.15) is 4.98 Å². The van der Waals surface area contributed by atoms with Gasteiger partial charge in [0.2, 0.25) is 11.7 Å². The van der Waals surface area contributed by atoms with E-state index in [1.54, 1.807) is 12.1 Å². The second kappa shape index (κ2) is 7.49. The van der Waals surface area contributed by atoms with E-state index in [2.05, 4.69) is 10.1 Å². The zero-order valence-electron chi connectivity index (χ0n) is 11.9. The van der Waals surface area contributed by atoms with Gasteiger partial charge in [-0.05, 0) is 19.1 Å². The Morgan fingerprint density at radius 1 is 1.33 bits per heavy atom. The number of benzene rings is 1. The van der Waals surface area contributed by atoms with Crippen LogP contribution in [0.25, 0.3) is 11.4 Å². The summed E-state index contributed by atoms with van der Waals surface area (Å²) in [7, 11) is 3.06. The second-order valence-corrected chi connectivity index (χ2v) is 4.79. The minimum absolute atomic E-state index is 0. The van der Waals surface area contributed by atoms with Crippen molar-refractivity contribution in [2.75, 3.05) is 14.2 Å². The first-order valence-corrected chi connectivity index (χ1v) is 6.43. The molecule has 0 saturated carbocycles. The highest BCUT2D eigenvalue weighted by molar-refractivity contribution is 6.32. The molecule has 0 saturated heterocycles. The molecule has 1 aromatic heterocycles. The second-order valence-electron chi connectivity index (χ2n) is 4.39. The van der Waals surface area contributed by atoms with E-state index in [0.29, 0.717) is 40.2 Å². The quantitative estimate of drug-likeness (QED) is 0.905. The lowest BCUT2D eigenvalue weighted by Gasteiger charge is -2.10. The molecule has 1 atom stereocenters. The van der Waals surface area contributed by atoms with Crippen LogP contribution in [0.5, 0.6) is 11.5 Å². The van der Waals surface area contributed by atoms with Gasteiger partial charge < -0.3 is 19.7 Å². The van der Waals surface area contributed by atoms with E-state index in [1.165, 1.54) is 14.2 Å². The van der Waals surface area contributed by atoms with Crippen LogP contribution in [0, 0.1) is 0 Å². The highest BCUT2D eigenvalue weighted by Crippen LogP contribution is 2.38. The summed E-state index contributed by atoms with van der Waals surface area (Å²) in [6.07, 6.45) is 0.522. The molecule has 8 heteroatoms. The van der Waals surface area contributed by atoms with E-state index < -0.39 is 0 Å². The number of aromatic nitrogens is 2. The molecule has 2 rings (SSSR count). The van der Waals surface area contributed by atoms with Crippen molar-refractivity contribution >= 4 is 24.0 Å². The highest BCUT2D eigenvalue weighted by Gasteiger charge is 2.16. The fourth-order valence-corrected chi connectivity index (χ4v) is 2.07. The average Bonchev–Trinajstić information content (AvgIpc) is 2.85. The minimum atomic E-state index is -0.0442. The topological polar surface area (TPSA) is 83.4 Å². The molecule has 0 amide bonds. The van der Waals surface area contributed by atoms with Crippen LogP contribution in [0.2, 0.25) is 5.02 Å². The first-order valence-electron chi connectivity index (χ1n) is 6.05. The van der Waals surface area contributed by atoms with E-state index in [-0.39, 0.29) is 18.4 Å². The number of nitrogens with zero attached hydrogens (tertiary/aromatic N) is 2. The zero-order chi connectivity index (χ0) is 14.7. The van der Waals surface area contributed by atoms with Gasteiger partial charge >= 0.3 is 0 Å². The molecule has 1 aromatic carbocycles. The van der Waals surface area contributed by atoms with Gasteiger partial charge in [-0.25, -0.2) is 0 Å². The Bertz CT molecular complexity index is 602. The molecule has 2 N–H and O–H groups in total. The van der Waals surface area contributed by atoms with Crippen LogP contribution in [-0.2, 0) is 6.42 Å². The van der Waals surface area contributed by atoms with Crippen molar-refractivity contribution in [3.05, 3.63) is 23.0 Å². The minimum Gasteiger partial charge on any atom is -0.493 e. The Morgan fingerprint density at radius 2 is 2.05 bits per heavy atom. The van der Waals surface area contributed by atoms with Crippen molar-refractivity contribution in [3.63, 3.8) is 0 Å². The maximum atomic E-state index is 6.14. The Kier molecular flexibility index (Phi) is 6.26. The molecule has 0 bridgehead atoms. The van der Waals surface area contributed by atoms with Crippen LogP contribution in [0.4, 0.5) is 0 Å². The first kappa shape index (κ1) is 17.6. The van der Waals surface area contributed by atoms with Crippen molar-refractivity contribution < 1.29 is 14.0 Å². The number of ether oxygens (including phenoxy) is 2. The Hall–Kier alpha value is -1.50. The van der Waals surface area contributed by atoms with Crippen molar-refractivity contribution in [1.82, 2.24) is 10.1 Å². The summed E-state index contributed by atoms with van der Waals surface area (Å²) in [5.74, 6) is 1.90. The Labute approximate surface area is 134 Å². The van der Waals surface area contributed by atoms with Crippen LogP contribution in [-0.4, -0.2) is 30.4 Å². The summed E-state index contributed by atoms with van der Waals surface area (Å²) >= 11 is 6.14. The summed E-state index contributed by atoms with van der Waals surface area (Å²) in [4.78, 5) is 4.28. The fraction of sp³-hybridized carbons (Fsp3) is 0.385. The van der Waals surface area contributed by atoms with E-state index in [9.17, 15) is 0 Å². The monoisotopic (exact) mass is 333 g/mol. The van der Waals surface area contributed by atoms with Crippen LogP contribution >= 0.6 is 24.0 Å². The lowest BCUT2D eigenvalue weighted by Crippen LogP contribution is -2.17. The first-order chi connectivity index (χ1) is 9.55. The van der Waals surface area contributed by atoms with Gasteiger partial charge in [-0.15, -0.1) is 12.4 Å². The molecule has 6 nitrogen and oxygen atoms in total. The lowest BCUT2D eigenvalue weighted by atomic mass is 10.2. The van der Waals surface area contributed by atoms with Crippen LogP contribution in [0.3, 0.4) is 0 Å². The van der Waals surface area contributed by atoms with Crippen molar-refractivity contribution in [2.24, 2.45) is 5.73 Å². The van der Waals surface area contributed by atoms with E-state index in [1.807, 2.05) is 6.92 Å². The summed E-state index contributed by atoms with van der Waals surface area (Å²) in [6, 6.07) is 3.39. The molecule has 0 fully saturated rings. The smallest absolute Gasteiger partial charge is 0.228 e. The van der Waals surface area contributed by atoms with Crippen LogP contribution in [0.15, 0.2) is 16.7 Å². The number of rotatable bonds is 5. The third-order valence-corrected chi connectivity index (χ3v) is 2.94. The average molecular weight is 334 g/mol. The van der Waals surface area contributed by atoms with Gasteiger partial charge in [-0.3, -0.25) is 0 Å². The molecular formula is C13H17Cl2N3O3. The van der Waals surface area contributed by atoms with Crippen molar-refractivity contribution in [3.8, 4) is 22.9 Å². The number of nitrogens with two attached hydrogens (primary N) is 1. The third-order valence-electron chi connectivity index (χ3n) is 2.66. The zero-order valence-corrected chi connectivity index (χ0v) is 13.5. The Balaban J connectivity index is 0.00000220. The predicted molar refractivity (Wildman–Crippen MR) is 82.4 cm³/mol. The predicted octanol–water partition coefficient (Wildman–Crippen LogP) is 2.72. The Morgan fingerprint density at radius 3 is 2.62 bits per heavy atom. The summed E-state index contributed by atoms with van der Waals surface area (Å²) < 4.78 is 15.6. The van der Waals surface area contributed by atoms with Crippen LogP contribution in [0.1, 0.15) is 12.8 Å². The van der Waals surface area contributed by atoms with Crippen molar-refractivity contribution in [1.29, 1.82) is 0 Å². The summed E-state index contributed by atoms with van der Waals surface area (Å²) in [6.45, 7) is 1.87. The molecule has 21 heavy (non-hydrogen) atoms. The van der Waals surface area contributed by atoms with Crippen molar-refractivity contribution in [2.45, 2.75) is 19.4 Å². The normalized spacial score (nSPS) is 11.7. The maximum Gasteiger partial charge on any atom is 0.228 e. The highest BCUT2D eigenvalue weighted by atomic mass is 35.5. The van der Waals surface area contributed by atoms with E-state index in [4.69, 9.17) is 31.3 Å². The number of methoxy groups -OCH3 is 2. The number of halogens is 2. The molecular weight excluding hydrogens is 317 g/mol. The molecule has 1 unspecified atom stereocenters. The molecule has 0 radical (unpaired) electrons. The fourth-order valence-electron chi connectivity index (χ4n) is 1.78. The lowest BCUT2D eigenvalue weighted by molar-refractivity contribution is 0.355. The SMILES string of the molecule is COc1cc(-c2noc(CC(C)N)n2)cc(Cl)c1OC.Cl. The largest absolute Gasteiger partial charge is 0.493 e. The summed E-state index contributed by atoms with van der Waals surface area (Å²) in [5, 5.41) is 4.33. The third kappa shape index (κ3) is 4.00. The molecule has 2 aromatic rings. The van der Waals surface area contributed by atoms with Crippen LogP contribution < -0.4 is 15.2 Å². The van der Waals surface area contributed by atoms with Gasteiger partial charge in [0.05, 0.1) is 19.2 Å². The molecule has 116 valence electrons. The van der Waals surface area contributed by atoms with Gasteiger partial charge in [0.25, 0.3) is 0 Å². The van der Waals surface area contributed by atoms with E-state index >= 15 is 0 Å². The van der Waals surface area contributed by atoms with E-state index in [0.717, 1.165) is 0 Å². The standard InChI is InChI=1S/C13H16ClN3O3.ClH/c1-7(15)4-11-16-13(17-20-11)8-5-9(14)12(19-3)10(6-8)18-2;/h5-7H,4,15H2,1-3H3;1H. The molecule has 0 aliphatic heterocycles. The molecule has 1 heterocycles. The maximum absolute atomic E-state index is 6.14. The molecule has 0 aliphatic rings. The molecule has 0 spiro atoms. The molecule has 0 aliphatic carbocycles. The van der Waals surface area contributed by atoms with Gasteiger partial charge in [0.15, 0.2) is 11.5 Å².